The molecule has 47 heavy (non-hydrogen) atoms. The van der Waals surface area contributed by atoms with Gasteiger partial charge in [-0.25, -0.2) is 9.37 Å². The minimum Gasteiger partial charge on any atom is -0.481 e. The van der Waals surface area contributed by atoms with Crippen molar-refractivity contribution in [2.45, 2.75) is 85.2 Å². The first-order valence-electron chi connectivity index (χ1n) is 16.5. The van der Waals surface area contributed by atoms with Gasteiger partial charge in [0.1, 0.15) is 18.0 Å². The van der Waals surface area contributed by atoms with E-state index in [2.05, 4.69) is 99.3 Å². The van der Waals surface area contributed by atoms with Gasteiger partial charge in [-0.1, -0.05) is 6.08 Å². The van der Waals surface area contributed by atoms with Gasteiger partial charge in [-0.05, 0) is 82.9 Å². The van der Waals surface area contributed by atoms with E-state index in [-0.39, 0.29) is 23.1 Å². The van der Waals surface area contributed by atoms with Crippen molar-refractivity contribution >= 4 is 34.3 Å². The maximum atomic E-state index is 12.6. The highest BCUT2D eigenvalue weighted by Gasteiger charge is 2.36. The largest absolute Gasteiger partial charge is 0.481 e. The number of anilines is 1. The minimum atomic E-state index is -1.03. The lowest BCUT2D eigenvalue weighted by atomic mass is 9.83. The van der Waals surface area contributed by atoms with Crippen LogP contribution in [0.4, 0.5) is 5.69 Å². The van der Waals surface area contributed by atoms with Crippen LogP contribution in [0.25, 0.3) is 16.7 Å². The van der Waals surface area contributed by atoms with E-state index in [1.165, 1.54) is 11.8 Å². The van der Waals surface area contributed by atoms with Crippen LogP contribution in [-0.2, 0) is 4.79 Å². The number of benzene rings is 2. The third-order valence-corrected chi connectivity index (χ3v) is 9.83. The Balaban J connectivity index is 1.64. The van der Waals surface area contributed by atoms with Crippen LogP contribution in [0.5, 0.6) is 11.5 Å². The van der Waals surface area contributed by atoms with E-state index in [4.69, 9.17) is 9.84 Å². The van der Waals surface area contributed by atoms with E-state index in [9.17, 15) is 14.7 Å². The summed E-state index contributed by atoms with van der Waals surface area (Å²) in [6.45, 7) is 16.8. The van der Waals surface area contributed by atoms with Crippen LogP contribution in [0.2, 0.25) is 0 Å². The second-order valence-electron chi connectivity index (χ2n) is 14.0. The number of nitrogens with zero attached hydrogens (tertiary/aromatic N) is 3. The number of unbranched alkanes of at least 4 members (excludes halogenated alkanes) is 2. The van der Waals surface area contributed by atoms with Gasteiger partial charge >= 0.3 is 11.9 Å². The quantitative estimate of drug-likeness (QED) is 0.160. The zero-order valence-corrected chi connectivity index (χ0v) is 28.4. The van der Waals surface area contributed by atoms with E-state index < -0.39 is 11.9 Å². The van der Waals surface area contributed by atoms with Crippen molar-refractivity contribution in [1.82, 2.24) is 9.56 Å². The van der Waals surface area contributed by atoms with Crippen molar-refractivity contribution in [3.8, 4) is 11.5 Å². The summed E-state index contributed by atoms with van der Waals surface area (Å²) in [7, 11) is 0. The number of hydrogen-bond donors (Lipinski definition) is 2. The molecular formula is C39H44N3O5+. The van der Waals surface area contributed by atoms with Gasteiger partial charge < -0.3 is 19.8 Å². The molecule has 3 aliphatic rings. The van der Waals surface area contributed by atoms with Gasteiger partial charge in [0.25, 0.3) is 0 Å². The standard InChI is InChI=1S/C39H43N3O5/c1-8-41-31-18-33-28(16-26(31)23(2)20-38(41,4)5)36(25-13-14-40-22-30(25)37(45)46)29-17-27-24(3)21-39(6,7)42(32(27)19-34(29)47-33)15-11-9-10-12-35(43)44/h13-14,16-22H,8-12,15H2,1-7H3,(H-,43,44,45,46)/p+1. The summed E-state index contributed by atoms with van der Waals surface area (Å²) >= 11 is 0. The predicted octanol–water partition coefficient (Wildman–Crippen LogP) is 6.49. The maximum Gasteiger partial charge on any atom is 0.337 e. The van der Waals surface area contributed by atoms with Gasteiger partial charge in [-0.3, -0.25) is 9.78 Å². The number of carbonyl (C=O) groups is 2. The molecule has 0 amide bonds. The third-order valence-electron chi connectivity index (χ3n) is 9.83. The molecule has 4 heterocycles. The van der Waals surface area contributed by atoms with Crippen molar-refractivity contribution in [2.24, 2.45) is 0 Å². The van der Waals surface area contributed by atoms with E-state index in [1.807, 2.05) is 0 Å². The number of carboxylic acid groups (broad SMARTS) is 2. The summed E-state index contributed by atoms with van der Waals surface area (Å²) in [6, 6.07) is 10.3. The van der Waals surface area contributed by atoms with Gasteiger partial charge in [-0.15, -0.1) is 0 Å². The van der Waals surface area contributed by atoms with E-state index in [1.54, 1.807) is 12.3 Å². The lowest BCUT2D eigenvalue weighted by Crippen LogP contribution is -2.50. The van der Waals surface area contributed by atoms with Crippen LogP contribution >= 0.6 is 0 Å². The summed E-state index contributed by atoms with van der Waals surface area (Å²) < 4.78 is 9.22. The number of hydrogen-bond acceptors (Lipinski definition) is 5. The first-order valence-corrected chi connectivity index (χ1v) is 16.5. The van der Waals surface area contributed by atoms with Crippen molar-refractivity contribution in [2.75, 3.05) is 18.0 Å². The van der Waals surface area contributed by atoms with Crippen molar-refractivity contribution in [3.05, 3.63) is 93.3 Å². The highest BCUT2D eigenvalue weighted by Crippen LogP contribution is 2.46. The third kappa shape index (κ3) is 5.64. The molecule has 2 N–H and O–H groups in total. The number of ether oxygens (including phenoxy) is 1. The summed E-state index contributed by atoms with van der Waals surface area (Å²) in [5.41, 5.74) is 7.50. The van der Waals surface area contributed by atoms with E-state index >= 15 is 0 Å². The van der Waals surface area contributed by atoms with Gasteiger partial charge in [0.05, 0.1) is 17.2 Å². The van der Waals surface area contributed by atoms with Crippen LogP contribution in [0.3, 0.4) is 0 Å². The Morgan fingerprint density at radius 3 is 2.34 bits per heavy atom. The molecule has 0 bridgehead atoms. The lowest BCUT2D eigenvalue weighted by Gasteiger charge is -2.43. The number of carboxylic acids is 2. The molecule has 0 fully saturated rings. The Labute approximate surface area is 276 Å². The molecule has 6 rings (SSSR count). The van der Waals surface area contributed by atoms with E-state index in [0.29, 0.717) is 23.5 Å². The number of aromatic nitrogens is 1. The molecule has 8 nitrogen and oxygen atoms in total. The molecule has 0 saturated carbocycles. The molecule has 0 spiro atoms. The molecule has 8 heteroatoms. The molecule has 244 valence electrons. The number of pyridine rings is 1. The number of aliphatic carboxylic acids is 1. The highest BCUT2D eigenvalue weighted by atomic mass is 16.5. The molecule has 0 atom stereocenters. The topological polar surface area (TPSA) is 103 Å². The zero-order valence-electron chi connectivity index (χ0n) is 28.4. The highest BCUT2D eigenvalue weighted by molar-refractivity contribution is 5.99. The smallest absolute Gasteiger partial charge is 0.337 e. The Morgan fingerprint density at radius 2 is 1.64 bits per heavy atom. The lowest BCUT2D eigenvalue weighted by molar-refractivity contribution is -0.137. The summed E-state index contributed by atoms with van der Waals surface area (Å²) in [4.78, 5) is 30.2. The first kappa shape index (κ1) is 32.2. The average molecular weight is 635 g/mol. The molecule has 0 unspecified atom stereocenters. The first-order chi connectivity index (χ1) is 22.2. The molecule has 1 aromatic heterocycles. The zero-order chi connectivity index (χ0) is 33.8. The van der Waals surface area contributed by atoms with Crippen LogP contribution in [-0.4, -0.2) is 51.3 Å². The number of rotatable bonds is 9. The van der Waals surface area contributed by atoms with Crippen molar-refractivity contribution in [1.29, 1.82) is 0 Å². The molecule has 2 aromatic carbocycles. The van der Waals surface area contributed by atoms with Gasteiger partial charge in [-0.2, -0.15) is 0 Å². The van der Waals surface area contributed by atoms with Crippen LogP contribution in [0.15, 0.2) is 54.9 Å². The number of fused-ring (bicyclic) bond motifs is 4. The summed E-state index contributed by atoms with van der Waals surface area (Å²) in [6.07, 6.45) is 10.1. The normalized spacial score (nSPS) is 17.0. The van der Waals surface area contributed by atoms with Gasteiger partial charge in [0.2, 0.25) is 5.36 Å². The number of likely N-dealkylation sites (N-methyl/N-ethyl adjacent to an activating group) is 1. The molecule has 0 radical (unpaired) electrons. The molecule has 3 aliphatic heterocycles. The van der Waals surface area contributed by atoms with E-state index in [0.717, 1.165) is 70.0 Å². The Bertz CT molecular complexity index is 2020. The monoisotopic (exact) mass is 634 g/mol. The summed E-state index contributed by atoms with van der Waals surface area (Å²) in [5.74, 6) is -0.438. The average Bonchev–Trinajstić information content (AvgIpc) is 2.99. The maximum absolute atomic E-state index is 12.6. The SMILES string of the molecule is CCN1c2cc3c(cc2C(C)=CC1(C)C)C(c1ccncc1C(=O)O)=c1cc2c(cc1O3)=[N+](CCCCCC(=O)O)C(C)(C)C=C2C. The molecule has 0 saturated heterocycles. The Kier molecular flexibility index (Phi) is 8.10. The fraction of sp³-hybridized carbons (Fsp3) is 0.385. The molecule has 0 aliphatic carbocycles. The van der Waals surface area contributed by atoms with Crippen LogP contribution < -0.4 is 24.8 Å². The number of aromatic carboxylic acids is 1. The van der Waals surface area contributed by atoms with Crippen LogP contribution in [0.1, 0.15) is 107 Å². The summed E-state index contributed by atoms with van der Waals surface area (Å²) in [5, 5.41) is 21.3. The Morgan fingerprint density at radius 1 is 0.894 bits per heavy atom. The fourth-order valence-corrected chi connectivity index (χ4v) is 7.81. The second-order valence-corrected chi connectivity index (χ2v) is 14.0. The fourth-order valence-electron chi connectivity index (χ4n) is 7.81. The van der Waals surface area contributed by atoms with Gasteiger partial charge in [0, 0.05) is 90.4 Å². The van der Waals surface area contributed by atoms with Gasteiger partial charge in [0.15, 0.2) is 5.54 Å². The minimum absolute atomic E-state index is 0.136. The van der Waals surface area contributed by atoms with Crippen molar-refractivity contribution in [3.63, 3.8) is 0 Å². The van der Waals surface area contributed by atoms with Crippen molar-refractivity contribution < 1.29 is 24.5 Å². The Hall–Kier alpha value is -4.72. The second kappa shape index (κ2) is 11.8. The number of allylic oxidation sites excluding steroid dienone is 2. The van der Waals surface area contributed by atoms with Crippen LogP contribution in [0, 0.1) is 0 Å². The molecular weight excluding hydrogens is 590 g/mol. The molecule has 3 aromatic rings. The predicted molar refractivity (Wildman–Crippen MR) is 186 cm³/mol.